The molecule has 2 aliphatic rings. The van der Waals surface area contributed by atoms with Gasteiger partial charge in [0.05, 0.1) is 17.9 Å². The van der Waals surface area contributed by atoms with E-state index < -0.39 is 0 Å². The molecule has 1 aromatic heterocycles. The van der Waals surface area contributed by atoms with Gasteiger partial charge in [-0.15, -0.1) is 0 Å². The topological polar surface area (TPSA) is 50.6 Å². The minimum atomic E-state index is -0.320. The van der Waals surface area contributed by atoms with E-state index in [0.717, 1.165) is 43.1 Å². The maximum Gasteiger partial charge on any atom is 0.410 e. The van der Waals surface area contributed by atoms with Crippen molar-refractivity contribution in [3.63, 3.8) is 0 Å². The largest absolute Gasteiger partial charge is 0.439 e. The Bertz CT molecular complexity index is 816. The van der Waals surface area contributed by atoms with Crippen LogP contribution in [-0.4, -0.2) is 58.0 Å². The van der Waals surface area contributed by atoms with E-state index in [1.165, 1.54) is 5.56 Å². The van der Waals surface area contributed by atoms with E-state index in [1.54, 1.807) is 11.9 Å². The smallest absolute Gasteiger partial charge is 0.410 e. The number of hydrogen-bond donors (Lipinski definition) is 0. The van der Waals surface area contributed by atoms with Crippen molar-refractivity contribution in [2.75, 3.05) is 26.7 Å². The standard InChI is InChI=1S/C19H24N4O2/c1-14-9-15(2)23(20-14)17-6-4-5-16(10-17)11-22-8-7-19(13-22)12-21(3)18(24)25-19/h4-6,9-10H,7-8,11-13H2,1-3H3/t19-/m1/s1. The molecule has 0 radical (unpaired) electrons. The molecular formula is C19H24N4O2. The molecule has 0 unspecified atom stereocenters. The van der Waals surface area contributed by atoms with Crippen LogP contribution in [0, 0.1) is 13.8 Å². The molecule has 4 rings (SSSR count). The van der Waals surface area contributed by atoms with E-state index in [0.29, 0.717) is 6.54 Å². The lowest BCUT2D eigenvalue weighted by molar-refractivity contribution is 0.0627. The maximum absolute atomic E-state index is 11.7. The Balaban J connectivity index is 1.48. The lowest BCUT2D eigenvalue weighted by atomic mass is 10.0. The second-order valence-electron chi connectivity index (χ2n) is 7.38. The van der Waals surface area contributed by atoms with Crippen LogP contribution in [0.3, 0.4) is 0 Å². The third kappa shape index (κ3) is 3.02. The third-order valence-corrected chi connectivity index (χ3v) is 5.11. The highest BCUT2D eigenvalue weighted by Crippen LogP contribution is 2.32. The molecule has 1 atom stereocenters. The summed E-state index contributed by atoms with van der Waals surface area (Å²) < 4.78 is 7.62. The molecule has 2 aromatic rings. The van der Waals surface area contributed by atoms with Gasteiger partial charge in [-0.1, -0.05) is 12.1 Å². The number of likely N-dealkylation sites (tertiary alicyclic amines) is 1. The molecule has 6 nitrogen and oxygen atoms in total. The number of carbonyl (C=O) groups excluding carboxylic acids is 1. The first kappa shape index (κ1) is 16.1. The minimum absolute atomic E-state index is 0.201. The molecule has 0 saturated carbocycles. The van der Waals surface area contributed by atoms with Crippen molar-refractivity contribution in [2.24, 2.45) is 0 Å². The van der Waals surface area contributed by atoms with Gasteiger partial charge >= 0.3 is 6.09 Å². The Morgan fingerprint density at radius 3 is 2.76 bits per heavy atom. The molecule has 2 aliphatic heterocycles. The maximum atomic E-state index is 11.7. The van der Waals surface area contributed by atoms with Gasteiger partial charge in [-0.3, -0.25) is 4.90 Å². The molecule has 0 aliphatic carbocycles. The van der Waals surface area contributed by atoms with Crippen LogP contribution in [-0.2, 0) is 11.3 Å². The molecule has 0 bridgehead atoms. The Labute approximate surface area is 148 Å². The zero-order valence-corrected chi connectivity index (χ0v) is 15.0. The fourth-order valence-corrected chi connectivity index (χ4v) is 4.00. The quantitative estimate of drug-likeness (QED) is 0.861. The fourth-order valence-electron chi connectivity index (χ4n) is 4.00. The zero-order valence-electron chi connectivity index (χ0n) is 15.0. The molecule has 1 amide bonds. The summed E-state index contributed by atoms with van der Waals surface area (Å²) in [6, 6.07) is 10.6. The number of benzene rings is 1. The van der Waals surface area contributed by atoms with Crippen LogP contribution in [0.5, 0.6) is 0 Å². The van der Waals surface area contributed by atoms with Crippen molar-refractivity contribution in [2.45, 2.75) is 32.4 Å². The summed E-state index contributed by atoms with van der Waals surface area (Å²) >= 11 is 0. The average molecular weight is 340 g/mol. The average Bonchev–Trinajstić information content (AvgIpc) is 3.18. The number of amides is 1. The van der Waals surface area contributed by atoms with E-state index in [-0.39, 0.29) is 11.7 Å². The highest BCUT2D eigenvalue weighted by molar-refractivity contribution is 5.70. The third-order valence-electron chi connectivity index (χ3n) is 5.11. The number of rotatable bonds is 3. The summed E-state index contributed by atoms with van der Waals surface area (Å²) in [5.74, 6) is 0. The van der Waals surface area contributed by atoms with Gasteiger partial charge < -0.3 is 9.64 Å². The van der Waals surface area contributed by atoms with Gasteiger partial charge in [0.1, 0.15) is 5.60 Å². The van der Waals surface area contributed by atoms with Gasteiger partial charge in [-0.2, -0.15) is 5.10 Å². The van der Waals surface area contributed by atoms with Crippen LogP contribution in [0.25, 0.3) is 5.69 Å². The lowest BCUT2D eigenvalue weighted by Gasteiger charge is -2.22. The van der Waals surface area contributed by atoms with Crippen LogP contribution in [0.15, 0.2) is 30.3 Å². The van der Waals surface area contributed by atoms with Gasteiger partial charge in [-0.25, -0.2) is 9.48 Å². The first-order chi connectivity index (χ1) is 11.9. The molecule has 0 N–H and O–H groups in total. The summed E-state index contributed by atoms with van der Waals surface area (Å²) in [5, 5.41) is 4.57. The number of carbonyl (C=O) groups is 1. The van der Waals surface area contributed by atoms with Gasteiger partial charge in [-0.05, 0) is 37.6 Å². The highest BCUT2D eigenvalue weighted by atomic mass is 16.6. The molecule has 25 heavy (non-hydrogen) atoms. The van der Waals surface area contributed by atoms with E-state index in [9.17, 15) is 4.79 Å². The van der Waals surface area contributed by atoms with Crippen molar-refractivity contribution < 1.29 is 9.53 Å². The SMILES string of the molecule is Cc1cc(C)n(-c2cccc(CN3CC[C@]4(C3)CN(C)C(=O)O4)c2)n1. The molecule has 1 aromatic carbocycles. The predicted octanol–water partition coefficient (Wildman–Crippen LogP) is 2.52. The van der Waals surface area contributed by atoms with Crippen LogP contribution >= 0.6 is 0 Å². The normalized spacial score (nSPS) is 23.6. The van der Waals surface area contributed by atoms with Crippen LogP contribution in [0.4, 0.5) is 4.79 Å². The Kier molecular flexibility index (Phi) is 3.80. The van der Waals surface area contributed by atoms with E-state index in [1.807, 2.05) is 11.6 Å². The predicted molar refractivity (Wildman–Crippen MR) is 94.8 cm³/mol. The van der Waals surface area contributed by atoms with Crippen molar-refractivity contribution in [1.82, 2.24) is 19.6 Å². The van der Waals surface area contributed by atoms with Gasteiger partial charge in [0.15, 0.2) is 0 Å². The Morgan fingerprint density at radius 1 is 1.24 bits per heavy atom. The molecule has 6 heteroatoms. The fraction of sp³-hybridized carbons (Fsp3) is 0.474. The van der Waals surface area contributed by atoms with E-state index in [4.69, 9.17) is 4.74 Å². The van der Waals surface area contributed by atoms with Crippen LogP contribution in [0.1, 0.15) is 23.4 Å². The zero-order chi connectivity index (χ0) is 17.6. The van der Waals surface area contributed by atoms with Gasteiger partial charge in [0.2, 0.25) is 0 Å². The summed E-state index contributed by atoms with van der Waals surface area (Å²) in [6.07, 6.45) is 0.702. The minimum Gasteiger partial charge on any atom is -0.439 e. The molecule has 132 valence electrons. The lowest BCUT2D eigenvalue weighted by Crippen LogP contribution is -2.37. The van der Waals surface area contributed by atoms with Gasteiger partial charge in [0, 0.05) is 38.8 Å². The van der Waals surface area contributed by atoms with E-state index in [2.05, 4.69) is 47.3 Å². The van der Waals surface area contributed by atoms with Crippen molar-refractivity contribution in [1.29, 1.82) is 0 Å². The molecule has 3 heterocycles. The summed E-state index contributed by atoms with van der Waals surface area (Å²) in [6.45, 7) is 7.38. The van der Waals surface area contributed by atoms with Gasteiger partial charge in [0.25, 0.3) is 0 Å². The summed E-state index contributed by atoms with van der Waals surface area (Å²) in [7, 11) is 1.80. The highest BCUT2D eigenvalue weighted by Gasteiger charge is 2.48. The number of nitrogens with zero attached hydrogens (tertiary/aromatic N) is 4. The number of aromatic nitrogens is 2. The van der Waals surface area contributed by atoms with Crippen molar-refractivity contribution in [3.8, 4) is 5.69 Å². The van der Waals surface area contributed by atoms with E-state index >= 15 is 0 Å². The first-order valence-corrected chi connectivity index (χ1v) is 8.73. The second-order valence-corrected chi connectivity index (χ2v) is 7.38. The summed E-state index contributed by atoms with van der Waals surface area (Å²) in [4.78, 5) is 15.8. The summed E-state index contributed by atoms with van der Waals surface area (Å²) in [5.41, 5.74) is 4.18. The molecule has 1 spiro atoms. The molecule has 2 saturated heterocycles. The van der Waals surface area contributed by atoms with Crippen LogP contribution in [0.2, 0.25) is 0 Å². The van der Waals surface area contributed by atoms with Crippen molar-refractivity contribution >= 4 is 6.09 Å². The Hall–Kier alpha value is -2.34. The first-order valence-electron chi connectivity index (χ1n) is 8.73. The van der Waals surface area contributed by atoms with Crippen molar-refractivity contribution in [3.05, 3.63) is 47.3 Å². The number of hydrogen-bond acceptors (Lipinski definition) is 4. The number of ether oxygens (including phenoxy) is 1. The Morgan fingerprint density at radius 2 is 2.08 bits per heavy atom. The monoisotopic (exact) mass is 340 g/mol. The molecular weight excluding hydrogens is 316 g/mol. The second kappa shape index (κ2) is 5.88. The molecule has 2 fully saturated rings. The number of aryl methyl sites for hydroxylation is 2. The number of likely N-dealkylation sites (N-methyl/N-ethyl adjacent to an activating group) is 1. The van der Waals surface area contributed by atoms with Crippen LogP contribution < -0.4 is 0 Å².